The van der Waals surface area contributed by atoms with E-state index >= 15 is 0 Å². The fraction of sp³-hybridized carbons (Fsp3) is 0.727. The molecule has 1 atom stereocenters. The molecule has 0 bridgehead atoms. The topological polar surface area (TPSA) is 32.3 Å². The molecule has 2 amide bonds. The number of urea groups is 1. The molecule has 1 aliphatic rings. The first kappa shape index (κ1) is 11.1. The van der Waals surface area contributed by atoms with Crippen LogP contribution in [0.4, 0.5) is 4.79 Å². The van der Waals surface area contributed by atoms with E-state index in [1.54, 1.807) is 4.90 Å². The fourth-order valence-corrected chi connectivity index (χ4v) is 1.58. The Hall–Kier alpha value is -0.990. The van der Waals surface area contributed by atoms with Crippen LogP contribution in [-0.4, -0.2) is 30.1 Å². The van der Waals surface area contributed by atoms with Crippen LogP contribution in [0.1, 0.15) is 33.1 Å². The van der Waals surface area contributed by atoms with Gasteiger partial charge in [-0.2, -0.15) is 0 Å². The van der Waals surface area contributed by atoms with Crippen LogP contribution >= 0.6 is 0 Å². The van der Waals surface area contributed by atoms with Gasteiger partial charge in [0.25, 0.3) is 0 Å². The molecule has 3 heteroatoms. The van der Waals surface area contributed by atoms with Gasteiger partial charge >= 0.3 is 6.03 Å². The van der Waals surface area contributed by atoms with Crippen LogP contribution in [-0.2, 0) is 0 Å². The molecule has 1 aliphatic carbocycles. The van der Waals surface area contributed by atoms with E-state index in [1.165, 1.54) is 0 Å². The second-order valence-corrected chi connectivity index (χ2v) is 4.22. The first-order valence-electron chi connectivity index (χ1n) is 5.26. The summed E-state index contributed by atoms with van der Waals surface area (Å²) in [6.45, 7) is 4.83. The van der Waals surface area contributed by atoms with Crippen LogP contribution in [0.25, 0.3) is 0 Å². The van der Waals surface area contributed by atoms with Crippen LogP contribution in [0.3, 0.4) is 0 Å². The number of hydrogen-bond acceptors (Lipinski definition) is 1. The SMILES string of the molecule is CCN(C)C(=O)NC1(C)CC=CCC1. The minimum atomic E-state index is -0.0464. The second kappa shape index (κ2) is 4.49. The van der Waals surface area contributed by atoms with Crippen molar-refractivity contribution in [3.05, 3.63) is 12.2 Å². The van der Waals surface area contributed by atoms with Gasteiger partial charge in [0.1, 0.15) is 0 Å². The van der Waals surface area contributed by atoms with Crippen LogP contribution < -0.4 is 5.32 Å². The number of carbonyl (C=O) groups excluding carboxylic acids is 1. The number of hydrogen-bond donors (Lipinski definition) is 1. The molecule has 0 radical (unpaired) electrons. The lowest BCUT2D eigenvalue weighted by Crippen LogP contribution is -2.50. The van der Waals surface area contributed by atoms with Gasteiger partial charge in [-0.15, -0.1) is 0 Å². The van der Waals surface area contributed by atoms with E-state index < -0.39 is 0 Å². The average Bonchev–Trinajstić information content (AvgIpc) is 2.17. The molecule has 0 aromatic carbocycles. The normalized spacial score (nSPS) is 25.9. The Labute approximate surface area is 86.2 Å². The molecule has 0 aromatic heterocycles. The molecule has 1 N–H and O–H groups in total. The third-order valence-electron chi connectivity index (χ3n) is 2.83. The largest absolute Gasteiger partial charge is 0.333 e. The van der Waals surface area contributed by atoms with Gasteiger partial charge in [-0.05, 0) is 33.1 Å². The summed E-state index contributed by atoms with van der Waals surface area (Å²) in [5.41, 5.74) is -0.0464. The van der Waals surface area contributed by atoms with E-state index in [0.29, 0.717) is 0 Å². The first-order chi connectivity index (χ1) is 6.57. The molecular weight excluding hydrogens is 176 g/mol. The lowest BCUT2D eigenvalue weighted by Gasteiger charge is -2.33. The first-order valence-corrected chi connectivity index (χ1v) is 5.26. The number of rotatable bonds is 2. The number of carbonyl (C=O) groups is 1. The summed E-state index contributed by atoms with van der Waals surface area (Å²) in [7, 11) is 1.82. The Balaban J connectivity index is 2.50. The van der Waals surface area contributed by atoms with Crippen molar-refractivity contribution in [1.82, 2.24) is 10.2 Å². The Morgan fingerprint density at radius 2 is 2.29 bits per heavy atom. The van der Waals surface area contributed by atoms with Crippen molar-refractivity contribution in [3.8, 4) is 0 Å². The monoisotopic (exact) mass is 196 g/mol. The molecule has 0 aromatic rings. The minimum absolute atomic E-state index is 0.0327. The van der Waals surface area contributed by atoms with Crippen molar-refractivity contribution in [1.29, 1.82) is 0 Å². The molecule has 0 saturated carbocycles. The molecule has 0 spiro atoms. The van der Waals surface area contributed by atoms with Crippen molar-refractivity contribution in [3.63, 3.8) is 0 Å². The lowest BCUT2D eigenvalue weighted by atomic mass is 9.88. The zero-order valence-corrected chi connectivity index (χ0v) is 9.34. The van der Waals surface area contributed by atoms with Crippen molar-refractivity contribution >= 4 is 6.03 Å². The predicted molar refractivity (Wildman–Crippen MR) is 58.2 cm³/mol. The molecule has 1 unspecified atom stereocenters. The number of amides is 2. The van der Waals surface area contributed by atoms with Crippen molar-refractivity contribution in [2.45, 2.75) is 38.6 Å². The third-order valence-corrected chi connectivity index (χ3v) is 2.83. The summed E-state index contributed by atoms with van der Waals surface area (Å²) in [4.78, 5) is 13.3. The van der Waals surface area contributed by atoms with Gasteiger partial charge in [-0.3, -0.25) is 0 Å². The van der Waals surface area contributed by atoms with Crippen molar-refractivity contribution in [2.75, 3.05) is 13.6 Å². The zero-order valence-electron chi connectivity index (χ0n) is 9.34. The van der Waals surface area contributed by atoms with E-state index in [4.69, 9.17) is 0 Å². The molecular formula is C11H20N2O. The number of allylic oxidation sites excluding steroid dienone is 1. The highest BCUT2D eigenvalue weighted by molar-refractivity contribution is 5.74. The van der Waals surface area contributed by atoms with Crippen LogP contribution in [0.5, 0.6) is 0 Å². The maximum absolute atomic E-state index is 11.6. The van der Waals surface area contributed by atoms with Gasteiger partial charge in [0.15, 0.2) is 0 Å². The Morgan fingerprint density at radius 1 is 1.57 bits per heavy atom. The van der Waals surface area contributed by atoms with Gasteiger partial charge in [0.2, 0.25) is 0 Å². The molecule has 3 nitrogen and oxygen atoms in total. The average molecular weight is 196 g/mol. The van der Waals surface area contributed by atoms with Gasteiger partial charge < -0.3 is 10.2 Å². The Morgan fingerprint density at radius 3 is 2.79 bits per heavy atom. The predicted octanol–water partition coefficient (Wildman–Crippen LogP) is 2.15. The zero-order chi connectivity index (χ0) is 10.6. The maximum atomic E-state index is 11.6. The molecule has 0 saturated heterocycles. The van der Waals surface area contributed by atoms with Crippen molar-refractivity contribution < 1.29 is 4.79 Å². The van der Waals surface area contributed by atoms with Crippen LogP contribution in [0.15, 0.2) is 12.2 Å². The molecule has 0 fully saturated rings. The van der Waals surface area contributed by atoms with Crippen molar-refractivity contribution in [2.24, 2.45) is 0 Å². The highest BCUT2D eigenvalue weighted by Crippen LogP contribution is 2.22. The van der Waals surface area contributed by atoms with Crippen LogP contribution in [0, 0.1) is 0 Å². The summed E-state index contributed by atoms with van der Waals surface area (Å²) in [6.07, 6.45) is 7.36. The fourth-order valence-electron chi connectivity index (χ4n) is 1.58. The highest BCUT2D eigenvalue weighted by atomic mass is 16.2. The molecule has 80 valence electrons. The van der Waals surface area contributed by atoms with Crippen LogP contribution in [0.2, 0.25) is 0 Å². The Bertz CT molecular complexity index is 237. The summed E-state index contributed by atoms with van der Waals surface area (Å²) < 4.78 is 0. The van der Waals surface area contributed by atoms with E-state index in [2.05, 4.69) is 24.4 Å². The van der Waals surface area contributed by atoms with Gasteiger partial charge in [0.05, 0.1) is 0 Å². The molecule has 0 heterocycles. The molecule has 1 rings (SSSR count). The number of nitrogens with zero attached hydrogens (tertiary/aromatic N) is 1. The standard InChI is InChI=1S/C11H20N2O/c1-4-13(3)10(14)12-11(2)8-6-5-7-9-11/h5-6H,4,7-9H2,1-3H3,(H,12,14). The maximum Gasteiger partial charge on any atom is 0.317 e. The summed E-state index contributed by atoms with van der Waals surface area (Å²) in [6, 6.07) is 0.0327. The van der Waals surface area contributed by atoms with E-state index in [-0.39, 0.29) is 11.6 Å². The molecule has 14 heavy (non-hydrogen) atoms. The Kier molecular flexibility index (Phi) is 3.55. The van der Waals surface area contributed by atoms with E-state index in [1.807, 2.05) is 14.0 Å². The summed E-state index contributed by atoms with van der Waals surface area (Å²) in [5, 5.41) is 3.08. The van der Waals surface area contributed by atoms with E-state index in [0.717, 1.165) is 25.8 Å². The lowest BCUT2D eigenvalue weighted by molar-refractivity contribution is 0.194. The second-order valence-electron chi connectivity index (χ2n) is 4.22. The minimum Gasteiger partial charge on any atom is -0.333 e. The summed E-state index contributed by atoms with van der Waals surface area (Å²) >= 11 is 0. The number of nitrogens with one attached hydrogen (secondary N) is 1. The third kappa shape index (κ3) is 2.76. The highest BCUT2D eigenvalue weighted by Gasteiger charge is 2.26. The molecule has 0 aliphatic heterocycles. The smallest absolute Gasteiger partial charge is 0.317 e. The van der Waals surface area contributed by atoms with Gasteiger partial charge in [0, 0.05) is 19.1 Å². The summed E-state index contributed by atoms with van der Waals surface area (Å²) in [5.74, 6) is 0. The van der Waals surface area contributed by atoms with E-state index in [9.17, 15) is 4.79 Å². The van der Waals surface area contributed by atoms with Gasteiger partial charge in [-0.25, -0.2) is 4.79 Å². The quantitative estimate of drug-likeness (QED) is 0.674. The van der Waals surface area contributed by atoms with Gasteiger partial charge in [-0.1, -0.05) is 12.2 Å².